The van der Waals surface area contributed by atoms with Crippen molar-refractivity contribution in [1.82, 2.24) is 10.2 Å². The van der Waals surface area contributed by atoms with Crippen LogP contribution in [0.2, 0.25) is 0 Å². The van der Waals surface area contributed by atoms with Gasteiger partial charge in [-0.15, -0.1) is 0 Å². The molecule has 0 radical (unpaired) electrons. The first-order chi connectivity index (χ1) is 16.5. The molecule has 2 aliphatic rings. The normalized spacial score (nSPS) is 16.9. The quantitative estimate of drug-likeness (QED) is 0.611. The van der Waals surface area contributed by atoms with Gasteiger partial charge in [0.1, 0.15) is 5.75 Å². The Morgan fingerprint density at radius 1 is 1.06 bits per heavy atom. The zero-order valence-electron chi connectivity index (χ0n) is 20.0. The molecule has 1 saturated heterocycles. The highest BCUT2D eigenvalue weighted by Gasteiger charge is 2.26. The van der Waals surface area contributed by atoms with Gasteiger partial charge in [-0.2, -0.15) is 0 Å². The van der Waals surface area contributed by atoms with E-state index in [1.54, 1.807) is 24.3 Å². The zero-order chi connectivity index (χ0) is 23.9. The number of rotatable bonds is 7. The molecule has 182 valence electrons. The molecule has 0 spiro atoms. The summed E-state index contributed by atoms with van der Waals surface area (Å²) in [4.78, 5) is 29.7. The number of hydrogen-bond donors (Lipinski definition) is 2. The first-order valence-electron chi connectivity index (χ1n) is 12.0. The highest BCUT2D eigenvalue weighted by atomic mass is 16.5. The Hall–Kier alpha value is -3.10. The maximum absolute atomic E-state index is 12.6. The van der Waals surface area contributed by atoms with Crippen LogP contribution in [0.25, 0.3) is 0 Å². The molecule has 4 rings (SSSR count). The summed E-state index contributed by atoms with van der Waals surface area (Å²) in [5.41, 5.74) is 4.31. The van der Waals surface area contributed by atoms with Crippen LogP contribution in [0.5, 0.6) is 5.75 Å². The number of benzene rings is 2. The van der Waals surface area contributed by atoms with E-state index in [1.165, 1.54) is 11.3 Å². The predicted octanol–water partition coefficient (Wildman–Crippen LogP) is 2.60. The number of hydrogen-bond acceptors (Lipinski definition) is 6. The van der Waals surface area contributed by atoms with E-state index >= 15 is 0 Å². The second-order valence-corrected chi connectivity index (χ2v) is 8.70. The first-order valence-corrected chi connectivity index (χ1v) is 12.0. The van der Waals surface area contributed by atoms with Crippen LogP contribution in [0, 0.1) is 0 Å². The molecular weight excluding hydrogens is 432 g/mol. The van der Waals surface area contributed by atoms with E-state index in [1.807, 2.05) is 6.92 Å². The van der Waals surface area contributed by atoms with E-state index in [9.17, 15) is 9.59 Å². The number of ether oxygens (including phenoxy) is 2. The minimum absolute atomic E-state index is 0.0244. The molecule has 0 bridgehead atoms. The van der Waals surface area contributed by atoms with Crippen molar-refractivity contribution in [3.63, 3.8) is 0 Å². The highest BCUT2D eigenvalue weighted by Crippen LogP contribution is 2.31. The number of nitrogens with zero attached hydrogens (tertiary/aromatic N) is 2. The Bertz CT molecular complexity index is 989. The lowest BCUT2D eigenvalue weighted by Gasteiger charge is -2.36. The molecular formula is C26H34N4O4. The standard InChI is InChI=1S/C26H34N4O4/c1-3-34-22-9-7-21(8-10-22)28-26(32)25(31)27-18-24(30-13-15-33-16-14-30)20-6-11-23-19(17-20)5-4-12-29(23)2/h6-11,17,24H,3-5,12-16,18H2,1-2H3,(H,27,31)(H,28,32)/t24-/m1/s1. The number of carbonyl (C=O) groups excluding carboxylic acids is 2. The molecule has 34 heavy (non-hydrogen) atoms. The van der Waals surface area contributed by atoms with Gasteiger partial charge in [-0.1, -0.05) is 12.1 Å². The number of anilines is 2. The number of aryl methyl sites for hydroxylation is 1. The fourth-order valence-electron chi connectivity index (χ4n) is 4.62. The van der Waals surface area contributed by atoms with Crippen LogP contribution >= 0.6 is 0 Å². The average Bonchev–Trinajstić information content (AvgIpc) is 2.86. The highest BCUT2D eigenvalue weighted by molar-refractivity contribution is 6.39. The lowest BCUT2D eigenvalue weighted by Crippen LogP contribution is -2.45. The predicted molar refractivity (Wildman–Crippen MR) is 132 cm³/mol. The summed E-state index contributed by atoms with van der Waals surface area (Å²) in [7, 11) is 2.13. The molecule has 0 saturated carbocycles. The smallest absolute Gasteiger partial charge is 0.313 e. The van der Waals surface area contributed by atoms with E-state index < -0.39 is 11.8 Å². The van der Waals surface area contributed by atoms with Gasteiger partial charge in [0.25, 0.3) is 0 Å². The van der Waals surface area contributed by atoms with E-state index in [4.69, 9.17) is 9.47 Å². The maximum Gasteiger partial charge on any atom is 0.313 e. The summed E-state index contributed by atoms with van der Waals surface area (Å²) >= 11 is 0. The van der Waals surface area contributed by atoms with Crippen molar-refractivity contribution in [2.24, 2.45) is 0 Å². The van der Waals surface area contributed by atoms with Gasteiger partial charge in [0.05, 0.1) is 25.9 Å². The molecule has 8 nitrogen and oxygen atoms in total. The summed E-state index contributed by atoms with van der Waals surface area (Å²) in [6.07, 6.45) is 2.19. The topological polar surface area (TPSA) is 83.1 Å². The van der Waals surface area contributed by atoms with Crippen molar-refractivity contribution in [2.75, 3.05) is 63.3 Å². The first kappa shape index (κ1) is 24.0. The molecule has 2 amide bonds. The van der Waals surface area contributed by atoms with Gasteiger partial charge in [-0.05, 0) is 61.2 Å². The lowest BCUT2D eigenvalue weighted by atomic mass is 9.95. The Labute approximate surface area is 201 Å². The van der Waals surface area contributed by atoms with Gasteiger partial charge in [0, 0.05) is 44.6 Å². The molecule has 2 aromatic carbocycles. The third-order valence-electron chi connectivity index (χ3n) is 6.41. The number of nitrogens with one attached hydrogen (secondary N) is 2. The van der Waals surface area contributed by atoms with Gasteiger partial charge in [-0.3, -0.25) is 14.5 Å². The second kappa shape index (κ2) is 11.4. The molecule has 8 heteroatoms. The van der Waals surface area contributed by atoms with Crippen molar-refractivity contribution in [2.45, 2.75) is 25.8 Å². The van der Waals surface area contributed by atoms with Crippen LogP contribution in [0.3, 0.4) is 0 Å². The lowest BCUT2D eigenvalue weighted by molar-refractivity contribution is -0.136. The van der Waals surface area contributed by atoms with Gasteiger partial charge < -0.3 is 25.0 Å². The van der Waals surface area contributed by atoms with Gasteiger partial charge in [0.15, 0.2) is 0 Å². The Balaban J connectivity index is 1.42. The van der Waals surface area contributed by atoms with Crippen LogP contribution in [-0.2, 0) is 20.7 Å². The third-order valence-corrected chi connectivity index (χ3v) is 6.41. The summed E-state index contributed by atoms with van der Waals surface area (Å²) in [5.74, 6) is -0.615. The monoisotopic (exact) mass is 466 g/mol. The molecule has 2 heterocycles. The van der Waals surface area contributed by atoms with E-state index in [0.29, 0.717) is 32.1 Å². The second-order valence-electron chi connectivity index (χ2n) is 8.70. The third kappa shape index (κ3) is 5.87. The van der Waals surface area contributed by atoms with Crippen molar-refractivity contribution in [3.8, 4) is 5.75 Å². The Morgan fingerprint density at radius 2 is 1.82 bits per heavy atom. The number of carbonyl (C=O) groups is 2. The average molecular weight is 467 g/mol. The Kier molecular flexibility index (Phi) is 8.03. The van der Waals surface area contributed by atoms with Gasteiger partial charge >= 0.3 is 11.8 Å². The van der Waals surface area contributed by atoms with Gasteiger partial charge in [-0.25, -0.2) is 0 Å². The fourth-order valence-corrected chi connectivity index (χ4v) is 4.62. The van der Waals surface area contributed by atoms with Crippen molar-refractivity contribution < 1.29 is 19.1 Å². The summed E-state index contributed by atoms with van der Waals surface area (Å²) in [5, 5.41) is 5.50. The van der Waals surface area contributed by atoms with E-state index in [2.05, 4.69) is 45.7 Å². The van der Waals surface area contributed by atoms with Crippen molar-refractivity contribution >= 4 is 23.2 Å². The molecule has 2 aromatic rings. The summed E-state index contributed by atoms with van der Waals surface area (Å²) < 4.78 is 10.9. The maximum atomic E-state index is 12.6. The Morgan fingerprint density at radius 3 is 2.56 bits per heavy atom. The molecule has 0 aliphatic carbocycles. The van der Waals surface area contributed by atoms with E-state index in [0.717, 1.165) is 43.8 Å². The largest absolute Gasteiger partial charge is 0.494 e. The number of morpholine rings is 1. The number of amides is 2. The minimum Gasteiger partial charge on any atom is -0.494 e. The minimum atomic E-state index is -0.683. The van der Waals surface area contributed by atoms with Crippen molar-refractivity contribution in [1.29, 1.82) is 0 Å². The molecule has 1 fully saturated rings. The summed E-state index contributed by atoms with van der Waals surface area (Å²) in [6, 6.07) is 13.5. The van der Waals surface area contributed by atoms with Crippen LogP contribution in [-0.4, -0.2) is 69.8 Å². The van der Waals surface area contributed by atoms with Crippen LogP contribution < -0.4 is 20.3 Å². The molecule has 2 aliphatic heterocycles. The molecule has 2 N–H and O–H groups in total. The number of fused-ring (bicyclic) bond motifs is 1. The fraction of sp³-hybridized carbons (Fsp3) is 0.462. The SMILES string of the molecule is CCOc1ccc(NC(=O)C(=O)NC[C@H](c2ccc3c(c2)CCCN3C)N2CCOCC2)cc1. The van der Waals surface area contributed by atoms with Crippen LogP contribution in [0.1, 0.15) is 30.5 Å². The molecule has 1 atom stereocenters. The zero-order valence-corrected chi connectivity index (χ0v) is 20.0. The van der Waals surface area contributed by atoms with Gasteiger partial charge in [0.2, 0.25) is 0 Å². The van der Waals surface area contributed by atoms with Crippen molar-refractivity contribution in [3.05, 3.63) is 53.6 Å². The van der Waals surface area contributed by atoms with Crippen LogP contribution in [0.15, 0.2) is 42.5 Å². The summed E-state index contributed by atoms with van der Waals surface area (Å²) in [6.45, 7) is 6.80. The molecule has 0 unspecified atom stereocenters. The molecule has 0 aromatic heterocycles. The van der Waals surface area contributed by atoms with E-state index in [-0.39, 0.29) is 6.04 Å². The van der Waals surface area contributed by atoms with Crippen LogP contribution in [0.4, 0.5) is 11.4 Å².